The lowest BCUT2D eigenvalue weighted by Gasteiger charge is -2.13. The van der Waals surface area contributed by atoms with Crippen molar-refractivity contribution in [3.8, 4) is 23.0 Å². The monoisotopic (exact) mass is 404 g/mol. The van der Waals surface area contributed by atoms with E-state index in [2.05, 4.69) is 16.9 Å². The van der Waals surface area contributed by atoms with E-state index in [1.165, 1.54) is 0 Å². The zero-order chi connectivity index (χ0) is 21.3. The van der Waals surface area contributed by atoms with Gasteiger partial charge in [0.1, 0.15) is 11.5 Å². The largest absolute Gasteiger partial charge is 0.493 e. The maximum Gasteiger partial charge on any atom is 0.262 e. The van der Waals surface area contributed by atoms with Crippen molar-refractivity contribution in [1.29, 1.82) is 0 Å². The topological polar surface area (TPSA) is 69.7 Å². The second kappa shape index (κ2) is 10.1. The Morgan fingerprint density at radius 1 is 1.13 bits per heavy atom. The van der Waals surface area contributed by atoms with Crippen molar-refractivity contribution in [3.05, 3.63) is 84.7 Å². The molecule has 154 valence electrons. The molecular formula is C24H24N2O4. The van der Waals surface area contributed by atoms with Gasteiger partial charge in [-0.25, -0.2) is 0 Å². The summed E-state index contributed by atoms with van der Waals surface area (Å²) >= 11 is 0. The normalized spacial score (nSPS) is 10.2. The van der Waals surface area contributed by atoms with E-state index in [0.29, 0.717) is 28.7 Å². The Hall–Kier alpha value is -3.80. The zero-order valence-corrected chi connectivity index (χ0v) is 17.1. The quantitative estimate of drug-likeness (QED) is 0.512. The first-order valence-corrected chi connectivity index (χ1v) is 9.48. The molecule has 0 unspecified atom stereocenters. The van der Waals surface area contributed by atoms with Gasteiger partial charge in [0.2, 0.25) is 0 Å². The molecule has 0 fully saturated rings. The van der Waals surface area contributed by atoms with E-state index < -0.39 is 0 Å². The van der Waals surface area contributed by atoms with Gasteiger partial charge < -0.3 is 19.5 Å². The van der Waals surface area contributed by atoms with Crippen LogP contribution in [0, 0.1) is 6.92 Å². The molecule has 0 atom stereocenters. The van der Waals surface area contributed by atoms with Gasteiger partial charge in [-0.1, -0.05) is 12.1 Å². The van der Waals surface area contributed by atoms with E-state index in [9.17, 15) is 4.79 Å². The molecule has 2 aromatic carbocycles. The Bertz CT molecular complexity index is 1020. The summed E-state index contributed by atoms with van der Waals surface area (Å²) in [5, 5.41) is 2.83. The third kappa shape index (κ3) is 5.61. The number of methoxy groups -OCH3 is 1. The molecule has 0 radical (unpaired) electrons. The van der Waals surface area contributed by atoms with Crippen molar-refractivity contribution >= 4 is 11.6 Å². The highest BCUT2D eigenvalue weighted by Crippen LogP contribution is 2.29. The Kier molecular flexibility index (Phi) is 7.05. The number of ether oxygens (including phenoxy) is 3. The van der Waals surface area contributed by atoms with E-state index in [1.54, 1.807) is 43.8 Å². The van der Waals surface area contributed by atoms with Crippen LogP contribution in [0.5, 0.6) is 23.0 Å². The summed E-state index contributed by atoms with van der Waals surface area (Å²) < 4.78 is 16.8. The molecule has 1 heterocycles. The summed E-state index contributed by atoms with van der Waals surface area (Å²) in [5.74, 6) is 2.17. The standard InChI is InChI=1S/C24H24N2O4/c1-4-6-18-8-10-22(23(14-18)28-3)29-16-24(27)26-19-9-11-21(17(2)13-19)30-20-7-5-12-25-15-20/h4-5,7-15H,1,6,16H2,2-3H3,(H,26,27). The Morgan fingerprint density at radius 2 is 1.97 bits per heavy atom. The van der Waals surface area contributed by atoms with E-state index in [1.807, 2.05) is 37.3 Å². The fourth-order valence-electron chi connectivity index (χ4n) is 2.84. The van der Waals surface area contributed by atoms with Crippen LogP contribution in [0.2, 0.25) is 0 Å². The first-order chi connectivity index (χ1) is 14.6. The van der Waals surface area contributed by atoms with Crippen LogP contribution in [-0.4, -0.2) is 24.6 Å². The lowest BCUT2D eigenvalue weighted by molar-refractivity contribution is -0.118. The van der Waals surface area contributed by atoms with Crippen LogP contribution in [-0.2, 0) is 11.2 Å². The number of anilines is 1. The maximum atomic E-state index is 12.3. The first kappa shape index (κ1) is 20.9. The molecule has 0 aliphatic rings. The summed E-state index contributed by atoms with van der Waals surface area (Å²) in [5.41, 5.74) is 2.60. The van der Waals surface area contributed by atoms with Crippen LogP contribution in [0.25, 0.3) is 0 Å². The number of nitrogens with one attached hydrogen (secondary N) is 1. The highest BCUT2D eigenvalue weighted by atomic mass is 16.5. The summed E-state index contributed by atoms with van der Waals surface area (Å²) in [6.45, 7) is 5.51. The number of carbonyl (C=O) groups is 1. The summed E-state index contributed by atoms with van der Waals surface area (Å²) in [6, 6.07) is 14.6. The highest BCUT2D eigenvalue weighted by molar-refractivity contribution is 5.92. The highest BCUT2D eigenvalue weighted by Gasteiger charge is 2.10. The molecular weight excluding hydrogens is 380 g/mol. The van der Waals surface area contributed by atoms with Gasteiger partial charge in [-0.05, 0) is 66.9 Å². The number of carbonyl (C=O) groups excluding carboxylic acids is 1. The van der Waals surface area contributed by atoms with Crippen LogP contribution in [0.3, 0.4) is 0 Å². The van der Waals surface area contributed by atoms with Gasteiger partial charge in [-0.2, -0.15) is 0 Å². The number of nitrogens with zero attached hydrogens (tertiary/aromatic N) is 1. The smallest absolute Gasteiger partial charge is 0.262 e. The van der Waals surface area contributed by atoms with Gasteiger partial charge in [0.05, 0.1) is 13.3 Å². The van der Waals surface area contributed by atoms with Crippen molar-refractivity contribution in [3.63, 3.8) is 0 Å². The number of aromatic nitrogens is 1. The van der Waals surface area contributed by atoms with Crippen LogP contribution < -0.4 is 19.5 Å². The molecule has 0 aliphatic carbocycles. The molecule has 6 nitrogen and oxygen atoms in total. The number of hydrogen-bond acceptors (Lipinski definition) is 5. The predicted molar refractivity (Wildman–Crippen MR) is 117 cm³/mol. The third-order valence-corrected chi connectivity index (χ3v) is 4.29. The van der Waals surface area contributed by atoms with Crippen molar-refractivity contribution in [2.75, 3.05) is 19.0 Å². The number of amides is 1. The van der Waals surface area contributed by atoms with Crippen LogP contribution >= 0.6 is 0 Å². The number of allylic oxidation sites excluding steroid dienone is 1. The minimum Gasteiger partial charge on any atom is -0.493 e. The number of hydrogen-bond donors (Lipinski definition) is 1. The van der Waals surface area contributed by atoms with E-state index >= 15 is 0 Å². The Labute approximate surface area is 176 Å². The molecule has 0 saturated carbocycles. The molecule has 30 heavy (non-hydrogen) atoms. The molecule has 0 saturated heterocycles. The van der Waals surface area contributed by atoms with Crippen LogP contribution in [0.1, 0.15) is 11.1 Å². The minimum absolute atomic E-state index is 0.135. The molecule has 6 heteroatoms. The van der Waals surface area contributed by atoms with Gasteiger partial charge in [0.25, 0.3) is 5.91 Å². The molecule has 0 bridgehead atoms. The summed E-state index contributed by atoms with van der Waals surface area (Å²) in [4.78, 5) is 16.3. The van der Waals surface area contributed by atoms with Crippen LogP contribution in [0.4, 0.5) is 5.69 Å². The van der Waals surface area contributed by atoms with Gasteiger partial charge in [-0.15, -0.1) is 6.58 Å². The molecule has 0 spiro atoms. The fraction of sp³-hybridized carbons (Fsp3) is 0.167. The molecule has 0 aliphatic heterocycles. The van der Waals surface area contributed by atoms with E-state index in [4.69, 9.17) is 14.2 Å². The predicted octanol–water partition coefficient (Wildman–Crippen LogP) is 4.94. The molecule has 1 amide bonds. The summed E-state index contributed by atoms with van der Waals surface area (Å²) in [7, 11) is 1.57. The van der Waals surface area contributed by atoms with E-state index in [0.717, 1.165) is 17.5 Å². The fourth-order valence-corrected chi connectivity index (χ4v) is 2.84. The SMILES string of the molecule is C=CCc1ccc(OCC(=O)Nc2ccc(Oc3cccnc3)c(C)c2)c(OC)c1. The van der Waals surface area contributed by atoms with Crippen molar-refractivity contribution in [1.82, 2.24) is 4.98 Å². The average molecular weight is 404 g/mol. The molecule has 1 N–H and O–H groups in total. The van der Waals surface area contributed by atoms with Gasteiger partial charge in [0.15, 0.2) is 18.1 Å². The van der Waals surface area contributed by atoms with Gasteiger partial charge in [-0.3, -0.25) is 9.78 Å². The van der Waals surface area contributed by atoms with Crippen molar-refractivity contribution in [2.24, 2.45) is 0 Å². The number of pyridine rings is 1. The average Bonchev–Trinajstić information content (AvgIpc) is 2.75. The van der Waals surface area contributed by atoms with Crippen molar-refractivity contribution < 1.29 is 19.0 Å². The second-order valence-corrected chi connectivity index (χ2v) is 6.59. The number of benzene rings is 2. The van der Waals surface area contributed by atoms with E-state index in [-0.39, 0.29) is 12.5 Å². The minimum atomic E-state index is -0.271. The maximum absolute atomic E-state index is 12.3. The zero-order valence-electron chi connectivity index (χ0n) is 17.1. The second-order valence-electron chi connectivity index (χ2n) is 6.59. The molecule has 3 aromatic rings. The third-order valence-electron chi connectivity index (χ3n) is 4.29. The number of rotatable bonds is 9. The van der Waals surface area contributed by atoms with Crippen molar-refractivity contribution in [2.45, 2.75) is 13.3 Å². The van der Waals surface area contributed by atoms with Gasteiger partial charge >= 0.3 is 0 Å². The number of aryl methyl sites for hydroxylation is 1. The Balaban J connectivity index is 1.58. The Morgan fingerprint density at radius 3 is 2.67 bits per heavy atom. The summed E-state index contributed by atoms with van der Waals surface area (Å²) in [6.07, 6.45) is 5.88. The lowest BCUT2D eigenvalue weighted by atomic mass is 10.1. The van der Waals surface area contributed by atoms with Crippen LogP contribution in [0.15, 0.2) is 73.6 Å². The van der Waals surface area contributed by atoms with Gasteiger partial charge in [0, 0.05) is 11.9 Å². The molecule has 1 aromatic heterocycles. The lowest BCUT2D eigenvalue weighted by Crippen LogP contribution is -2.20. The molecule has 3 rings (SSSR count). The first-order valence-electron chi connectivity index (χ1n) is 9.48.